The van der Waals surface area contributed by atoms with Gasteiger partial charge in [-0.1, -0.05) is 12.1 Å². The normalized spacial score (nSPS) is 23.0. The zero-order valence-electron chi connectivity index (χ0n) is 11.0. The first-order valence-corrected chi connectivity index (χ1v) is 6.15. The number of nitrogens with zero attached hydrogens (tertiary/aromatic N) is 2. The van der Waals surface area contributed by atoms with Gasteiger partial charge in [0.1, 0.15) is 0 Å². The Hall–Kier alpha value is -1.48. The van der Waals surface area contributed by atoms with Crippen molar-refractivity contribution in [2.45, 2.75) is 32.1 Å². The summed E-state index contributed by atoms with van der Waals surface area (Å²) in [7, 11) is 0. The first-order valence-electron chi connectivity index (χ1n) is 6.15. The van der Waals surface area contributed by atoms with Crippen LogP contribution >= 0.6 is 0 Å². The van der Waals surface area contributed by atoms with E-state index in [1.165, 1.54) is 0 Å². The maximum absolute atomic E-state index is 12.5. The molecule has 0 aromatic carbocycles. The van der Waals surface area contributed by atoms with Crippen LogP contribution in [0.15, 0.2) is 5.16 Å². The van der Waals surface area contributed by atoms with Gasteiger partial charge in [0, 0.05) is 25.4 Å². The summed E-state index contributed by atoms with van der Waals surface area (Å²) in [6, 6.07) is 0. The molecular formula is C11H14F6N2O2. The van der Waals surface area contributed by atoms with Gasteiger partial charge in [-0.05, 0) is 6.42 Å². The molecule has 0 aromatic heterocycles. The van der Waals surface area contributed by atoms with E-state index in [-0.39, 0.29) is 25.2 Å². The van der Waals surface area contributed by atoms with Crippen LogP contribution in [-0.4, -0.2) is 47.2 Å². The van der Waals surface area contributed by atoms with E-state index in [0.717, 1.165) is 0 Å². The fourth-order valence-electron chi connectivity index (χ4n) is 2.26. The van der Waals surface area contributed by atoms with Crippen molar-refractivity contribution >= 4 is 11.6 Å². The summed E-state index contributed by atoms with van der Waals surface area (Å²) in [6.45, 7) is 0.976. The van der Waals surface area contributed by atoms with Gasteiger partial charge in [-0.25, -0.2) is 0 Å². The van der Waals surface area contributed by atoms with Crippen molar-refractivity contribution in [1.82, 2.24) is 4.90 Å². The molecule has 1 rings (SSSR count). The molecular weight excluding hydrogens is 306 g/mol. The van der Waals surface area contributed by atoms with E-state index < -0.39 is 30.1 Å². The number of piperidine rings is 1. The molecule has 10 heteroatoms. The Kier molecular flexibility index (Phi) is 5.11. The zero-order chi connectivity index (χ0) is 16.4. The number of rotatable bonds is 2. The quantitative estimate of drug-likeness (QED) is 0.483. The number of oxime groups is 1. The van der Waals surface area contributed by atoms with Gasteiger partial charge in [-0.3, -0.25) is 4.79 Å². The van der Waals surface area contributed by atoms with Gasteiger partial charge < -0.3 is 10.1 Å². The van der Waals surface area contributed by atoms with E-state index in [1.807, 2.05) is 0 Å². The molecule has 0 radical (unpaired) electrons. The molecule has 1 saturated heterocycles. The summed E-state index contributed by atoms with van der Waals surface area (Å²) in [5.41, 5.74) is 0.275. The number of carbonyl (C=O) groups is 1. The van der Waals surface area contributed by atoms with E-state index in [1.54, 1.807) is 6.92 Å². The molecule has 1 unspecified atom stereocenters. The van der Waals surface area contributed by atoms with Crippen molar-refractivity contribution in [2.75, 3.05) is 13.1 Å². The topological polar surface area (TPSA) is 52.9 Å². The van der Waals surface area contributed by atoms with E-state index >= 15 is 0 Å². The lowest BCUT2D eigenvalue weighted by molar-refractivity contribution is -0.277. The van der Waals surface area contributed by atoms with Gasteiger partial charge in [0.05, 0.1) is 5.71 Å². The van der Waals surface area contributed by atoms with Crippen molar-refractivity contribution in [2.24, 2.45) is 17.0 Å². The van der Waals surface area contributed by atoms with E-state index in [0.29, 0.717) is 11.3 Å². The van der Waals surface area contributed by atoms with E-state index in [9.17, 15) is 31.1 Å². The Morgan fingerprint density at radius 2 is 1.86 bits per heavy atom. The fourth-order valence-corrected chi connectivity index (χ4v) is 2.26. The van der Waals surface area contributed by atoms with Gasteiger partial charge in [-0.15, -0.1) is 0 Å². The molecule has 4 nitrogen and oxygen atoms in total. The molecule has 0 bridgehead atoms. The van der Waals surface area contributed by atoms with Crippen molar-refractivity contribution in [3.8, 4) is 0 Å². The number of likely N-dealkylation sites (tertiary alicyclic amines) is 1. The largest absolute Gasteiger partial charge is 0.411 e. The summed E-state index contributed by atoms with van der Waals surface area (Å²) in [4.78, 5) is 12.2. The molecule has 122 valence electrons. The maximum Gasteiger partial charge on any atom is 0.409 e. The number of hydrogen-bond donors (Lipinski definition) is 1. The lowest BCUT2D eigenvalue weighted by atomic mass is 9.92. The predicted molar refractivity (Wildman–Crippen MR) is 59.8 cm³/mol. The zero-order valence-corrected chi connectivity index (χ0v) is 11.0. The van der Waals surface area contributed by atoms with Gasteiger partial charge in [0.15, 0.2) is 0 Å². The van der Waals surface area contributed by atoms with Crippen molar-refractivity contribution in [3.05, 3.63) is 0 Å². The van der Waals surface area contributed by atoms with Crippen LogP contribution in [0, 0.1) is 11.8 Å². The van der Waals surface area contributed by atoms with Crippen molar-refractivity contribution in [3.63, 3.8) is 0 Å². The lowest BCUT2D eigenvalue weighted by Crippen LogP contribution is -2.53. The van der Waals surface area contributed by atoms with Crippen LogP contribution in [0.5, 0.6) is 0 Å². The molecule has 1 aliphatic rings. The number of alkyl halides is 6. The first-order chi connectivity index (χ1) is 9.52. The molecule has 1 N–H and O–H groups in total. The van der Waals surface area contributed by atoms with Crippen LogP contribution in [0.3, 0.4) is 0 Å². The van der Waals surface area contributed by atoms with Crippen molar-refractivity contribution in [1.29, 1.82) is 0 Å². The summed E-state index contributed by atoms with van der Waals surface area (Å²) in [5, 5.41) is 11.7. The molecule has 0 spiro atoms. The van der Waals surface area contributed by atoms with Crippen LogP contribution in [0.25, 0.3) is 0 Å². The lowest BCUT2D eigenvalue weighted by Gasteiger charge is -2.35. The van der Waals surface area contributed by atoms with E-state index in [4.69, 9.17) is 5.21 Å². The van der Waals surface area contributed by atoms with Crippen LogP contribution in [-0.2, 0) is 4.79 Å². The Labute approximate surface area is 116 Å². The summed E-state index contributed by atoms with van der Waals surface area (Å²) < 4.78 is 75.1. The minimum Gasteiger partial charge on any atom is -0.411 e. The highest BCUT2D eigenvalue weighted by Crippen LogP contribution is 2.40. The van der Waals surface area contributed by atoms with Gasteiger partial charge in [0.2, 0.25) is 11.8 Å². The van der Waals surface area contributed by atoms with Crippen LogP contribution in [0.2, 0.25) is 0 Å². The van der Waals surface area contributed by atoms with Gasteiger partial charge in [-0.2, -0.15) is 26.3 Å². The van der Waals surface area contributed by atoms with Gasteiger partial charge in [0.25, 0.3) is 0 Å². The molecule has 1 atom stereocenters. The number of carbonyl (C=O) groups excluding carboxylic acids is 1. The van der Waals surface area contributed by atoms with E-state index in [2.05, 4.69) is 5.16 Å². The first kappa shape index (κ1) is 17.6. The molecule has 1 aliphatic heterocycles. The fraction of sp³-hybridized carbons (Fsp3) is 0.818. The molecule has 1 heterocycles. The minimum absolute atomic E-state index is 0.0524. The van der Waals surface area contributed by atoms with Gasteiger partial charge >= 0.3 is 12.4 Å². The SMILES string of the molecule is CCC1CN(C(=O)C(C(F)(F)F)C(F)(F)F)CCC1=NO. The highest BCUT2D eigenvalue weighted by Gasteiger charge is 2.62. The second-order valence-corrected chi connectivity index (χ2v) is 4.75. The average Bonchev–Trinajstić information content (AvgIpc) is 2.34. The summed E-state index contributed by atoms with van der Waals surface area (Å²) in [5.74, 6) is -6.57. The third kappa shape index (κ3) is 4.01. The maximum atomic E-state index is 12.5. The molecule has 0 saturated carbocycles. The smallest absolute Gasteiger partial charge is 0.409 e. The second-order valence-electron chi connectivity index (χ2n) is 4.75. The minimum atomic E-state index is -5.69. The standard InChI is InChI=1S/C11H14F6N2O2/c1-2-6-5-19(4-3-7(6)18-21)9(20)8(10(12,13)14)11(15,16)17/h6,8,21H,2-5H2,1H3. The highest BCUT2D eigenvalue weighted by atomic mass is 19.4. The molecule has 0 aromatic rings. The van der Waals surface area contributed by atoms with Crippen LogP contribution < -0.4 is 0 Å². The van der Waals surface area contributed by atoms with Crippen LogP contribution in [0.4, 0.5) is 26.3 Å². The second kappa shape index (κ2) is 6.10. The number of hydrogen-bond acceptors (Lipinski definition) is 3. The Balaban J connectivity index is 2.96. The molecule has 0 aliphatic carbocycles. The Morgan fingerprint density at radius 3 is 2.24 bits per heavy atom. The third-order valence-electron chi connectivity index (χ3n) is 3.38. The number of halogens is 6. The predicted octanol–water partition coefficient (Wildman–Crippen LogP) is 2.82. The average molecular weight is 320 g/mol. The molecule has 1 amide bonds. The number of amides is 1. The summed E-state index contributed by atoms with van der Waals surface area (Å²) >= 11 is 0. The Bertz CT molecular complexity index is 404. The van der Waals surface area contributed by atoms with Crippen molar-refractivity contribution < 1.29 is 36.3 Å². The highest BCUT2D eigenvalue weighted by molar-refractivity contribution is 5.90. The monoisotopic (exact) mass is 320 g/mol. The Morgan fingerprint density at radius 1 is 1.33 bits per heavy atom. The molecule has 21 heavy (non-hydrogen) atoms. The summed E-state index contributed by atoms with van der Waals surface area (Å²) in [6.07, 6.45) is -11.1. The molecule has 1 fully saturated rings. The third-order valence-corrected chi connectivity index (χ3v) is 3.38. The van der Waals surface area contributed by atoms with Crippen LogP contribution in [0.1, 0.15) is 19.8 Å².